The van der Waals surface area contributed by atoms with Gasteiger partial charge in [-0.15, -0.1) is 0 Å². The second-order valence-corrected chi connectivity index (χ2v) is 5.85. The van der Waals surface area contributed by atoms with Crippen molar-refractivity contribution in [3.8, 4) is 0 Å². The molecule has 2 atom stereocenters. The minimum Gasteiger partial charge on any atom is -0.390 e. The number of benzene rings is 1. The average Bonchev–Trinajstić information content (AvgIpc) is 2.37. The molecule has 2 unspecified atom stereocenters. The van der Waals surface area contributed by atoms with Crippen LogP contribution in [0.4, 0.5) is 0 Å². The van der Waals surface area contributed by atoms with Crippen LogP contribution in [0, 0.1) is 0 Å². The number of halogens is 1. The molecule has 0 saturated heterocycles. The lowest BCUT2D eigenvalue weighted by Crippen LogP contribution is -2.19. The average molecular weight is 333 g/mol. The van der Waals surface area contributed by atoms with Gasteiger partial charge in [0.05, 0.1) is 6.10 Å². The third kappa shape index (κ3) is 5.10. The summed E-state index contributed by atoms with van der Waals surface area (Å²) < 4.78 is 0. The number of alkyl halides is 1. The monoisotopic (exact) mass is 332 g/mol. The van der Waals surface area contributed by atoms with Crippen LogP contribution in [0.2, 0.25) is 0 Å². The highest BCUT2D eigenvalue weighted by molar-refractivity contribution is 9.08. The van der Waals surface area contributed by atoms with E-state index in [-0.39, 0.29) is 5.12 Å². The molecule has 5 heteroatoms. The molecule has 0 saturated carbocycles. The van der Waals surface area contributed by atoms with Crippen molar-refractivity contribution in [2.24, 2.45) is 0 Å². The number of thioether (sulfide) groups is 1. The quantitative estimate of drug-likeness (QED) is 0.786. The van der Waals surface area contributed by atoms with E-state index in [1.165, 1.54) is 6.92 Å². The Morgan fingerprint density at radius 3 is 2.78 bits per heavy atom. The first-order chi connectivity index (χ1) is 8.54. The molecule has 0 aliphatic heterocycles. The molecular formula is C13H17BrO3S. The summed E-state index contributed by atoms with van der Waals surface area (Å²) in [4.78, 5) is 10.8. The highest BCUT2D eigenvalue weighted by Gasteiger charge is 2.18. The molecule has 0 heterocycles. The summed E-state index contributed by atoms with van der Waals surface area (Å²) in [5.74, 6) is 0.520. The number of hydrogen-bond donors (Lipinski definition) is 2. The Labute approximate surface area is 120 Å². The summed E-state index contributed by atoms with van der Waals surface area (Å²) in [7, 11) is 0. The number of hydrogen-bond acceptors (Lipinski definition) is 4. The summed E-state index contributed by atoms with van der Waals surface area (Å²) >= 11 is 4.51. The van der Waals surface area contributed by atoms with Gasteiger partial charge in [-0.3, -0.25) is 4.79 Å². The molecule has 1 rings (SSSR count). The van der Waals surface area contributed by atoms with E-state index in [0.717, 1.165) is 17.3 Å². The van der Waals surface area contributed by atoms with Crippen molar-refractivity contribution in [2.75, 3.05) is 5.75 Å². The fourth-order valence-corrected chi connectivity index (χ4v) is 2.56. The summed E-state index contributed by atoms with van der Waals surface area (Å²) in [5.41, 5.74) is 1.75. The van der Waals surface area contributed by atoms with Crippen LogP contribution in [0.1, 0.15) is 30.6 Å². The Morgan fingerprint density at radius 2 is 2.17 bits per heavy atom. The Bertz CT molecular complexity index is 398. The maximum atomic E-state index is 10.8. The summed E-state index contributed by atoms with van der Waals surface area (Å²) in [6, 6.07) is 7.45. The molecule has 0 amide bonds. The Hall–Kier alpha value is -0.360. The van der Waals surface area contributed by atoms with Crippen LogP contribution in [0.5, 0.6) is 0 Å². The smallest absolute Gasteiger partial charge is 0.185 e. The third-order valence-corrected chi connectivity index (χ3v) is 4.02. The van der Waals surface area contributed by atoms with Crippen molar-refractivity contribution in [3.05, 3.63) is 35.4 Å². The molecule has 0 bridgehead atoms. The molecule has 3 nitrogen and oxygen atoms in total. The predicted molar refractivity (Wildman–Crippen MR) is 77.8 cm³/mol. The third-order valence-electron chi connectivity index (χ3n) is 2.53. The Balaban J connectivity index is 2.56. The molecule has 100 valence electrons. The number of carbonyl (C=O) groups is 1. The highest BCUT2D eigenvalue weighted by atomic mass is 79.9. The number of rotatable bonds is 6. The lowest BCUT2D eigenvalue weighted by molar-refractivity contribution is -0.109. The van der Waals surface area contributed by atoms with Crippen molar-refractivity contribution in [2.45, 2.75) is 30.9 Å². The normalized spacial score (nSPS) is 14.2. The van der Waals surface area contributed by atoms with Crippen molar-refractivity contribution in [3.63, 3.8) is 0 Å². The molecule has 0 aliphatic rings. The van der Waals surface area contributed by atoms with Gasteiger partial charge in [-0.05, 0) is 17.5 Å². The van der Waals surface area contributed by atoms with Crippen molar-refractivity contribution >= 4 is 32.8 Å². The number of carbonyl (C=O) groups excluding carboxylic acids is 1. The van der Waals surface area contributed by atoms with Gasteiger partial charge < -0.3 is 10.2 Å². The van der Waals surface area contributed by atoms with E-state index < -0.39 is 12.2 Å². The zero-order valence-electron chi connectivity index (χ0n) is 10.2. The van der Waals surface area contributed by atoms with Gasteiger partial charge >= 0.3 is 0 Å². The first-order valence-corrected chi connectivity index (χ1v) is 7.79. The number of aliphatic hydroxyl groups is 2. The summed E-state index contributed by atoms with van der Waals surface area (Å²) in [6.07, 6.45) is -1.36. The van der Waals surface area contributed by atoms with Crippen molar-refractivity contribution < 1.29 is 15.0 Å². The molecule has 2 N–H and O–H groups in total. The van der Waals surface area contributed by atoms with Gasteiger partial charge in [0, 0.05) is 18.0 Å². The fourth-order valence-electron chi connectivity index (χ4n) is 1.56. The first kappa shape index (κ1) is 15.7. The van der Waals surface area contributed by atoms with Crippen LogP contribution >= 0.6 is 27.7 Å². The second-order valence-electron chi connectivity index (χ2n) is 4.02. The zero-order chi connectivity index (χ0) is 13.5. The van der Waals surface area contributed by atoms with Gasteiger partial charge in [-0.25, -0.2) is 0 Å². The van der Waals surface area contributed by atoms with Crippen LogP contribution in [0.25, 0.3) is 0 Å². The maximum Gasteiger partial charge on any atom is 0.185 e. The topological polar surface area (TPSA) is 57.5 Å². The van der Waals surface area contributed by atoms with E-state index in [1.807, 2.05) is 18.2 Å². The highest BCUT2D eigenvalue weighted by Crippen LogP contribution is 2.22. The van der Waals surface area contributed by atoms with Gasteiger partial charge in [-0.2, -0.15) is 0 Å². The van der Waals surface area contributed by atoms with Crippen LogP contribution in [0.15, 0.2) is 24.3 Å². The second kappa shape index (κ2) is 7.94. The van der Waals surface area contributed by atoms with E-state index in [1.54, 1.807) is 6.07 Å². The lowest BCUT2D eigenvalue weighted by atomic mass is 10.0. The molecule has 1 aromatic carbocycles. The van der Waals surface area contributed by atoms with E-state index in [9.17, 15) is 15.0 Å². The zero-order valence-corrected chi connectivity index (χ0v) is 12.6. The number of aliphatic hydroxyl groups excluding tert-OH is 2. The van der Waals surface area contributed by atoms with Gasteiger partial charge in [0.15, 0.2) is 5.12 Å². The van der Waals surface area contributed by atoms with Crippen LogP contribution < -0.4 is 0 Å². The molecule has 0 spiro atoms. The van der Waals surface area contributed by atoms with Crippen LogP contribution in [-0.4, -0.2) is 27.2 Å². The van der Waals surface area contributed by atoms with Gasteiger partial charge in [0.1, 0.15) is 6.10 Å². The standard InChI is InChI=1S/C13H17BrO3S/c1-9(15)18-6-5-12(16)13(17)11-4-2-3-10(7-11)8-14/h2-4,7,12-13,16-17H,5-6,8H2,1H3. The van der Waals surface area contributed by atoms with Gasteiger partial charge in [0.2, 0.25) is 0 Å². The van der Waals surface area contributed by atoms with Crippen molar-refractivity contribution in [1.29, 1.82) is 0 Å². The maximum absolute atomic E-state index is 10.8. The SMILES string of the molecule is CC(=O)SCCC(O)C(O)c1cccc(CBr)c1. The molecule has 18 heavy (non-hydrogen) atoms. The first-order valence-electron chi connectivity index (χ1n) is 5.69. The molecule has 0 radical (unpaired) electrons. The Morgan fingerprint density at radius 1 is 1.44 bits per heavy atom. The predicted octanol–water partition coefficient (Wildman–Crippen LogP) is 2.65. The van der Waals surface area contributed by atoms with E-state index >= 15 is 0 Å². The molecule has 0 fully saturated rings. The van der Waals surface area contributed by atoms with Gasteiger partial charge in [0.25, 0.3) is 0 Å². The van der Waals surface area contributed by atoms with Crippen molar-refractivity contribution in [1.82, 2.24) is 0 Å². The lowest BCUT2D eigenvalue weighted by Gasteiger charge is -2.18. The molecular weight excluding hydrogens is 316 g/mol. The fraction of sp³-hybridized carbons (Fsp3) is 0.462. The van der Waals surface area contributed by atoms with Crippen LogP contribution in [0.3, 0.4) is 0 Å². The van der Waals surface area contributed by atoms with E-state index in [0.29, 0.717) is 23.1 Å². The molecule has 1 aromatic rings. The van der Waals surface area contributed by atoms with E-state index in [2.05, 4.69) is 15.9 Å². The minimum atomic E-state index is -0.906. The minimum absolute atomic E-state index is 0.0259. The van der Waals surface area contributed by atoms with Crippen LogP contribution in [-0.2, 0) is 10.1 Å². The summed E-state index contributed by atoms with van der Waals surface area (Å²) in [5, 5.41) is 20.6. The van der Waals surface area contributed by atoms with Gasteiger partial charge in [-0.1, -0.05) is 52.0 Å². The molecule has 0 aliphatic carbocycles. The van der Waals surface area contributed by atoms with E-state index in [4.69, 9.17) is 0 Å². The largest absolute Gasteiger partial charge is 0.390 e. The molecule has 0 aromatic heterocycles. The summed E-state index contributed by atoms with van der Waals surface area (Å²) in [6.45, 7) is 1.49. The Kier molecular flexibility index (Phi) is 6.92.